The van der Waals surface area contributed by atoms with Gasteiger partial charge in [0.2, 0.25) is 15.7 Å². The highest BCUT2D eigenvalue weighted by molar-refractivity contribution is 7.91. The number of carbonyl (C=O) groups is 1. The average molecular weight is 465 g/mol. The van der Waals surface area contributed by atoms with Crippen LogP contribution in [0.5, 0.6) is 0 Å². The zero-order valence-corrected chi connectivity index (χ0v) is 19.7. The first-order chi connectivity index (χ1) is 15.8. The van der Waals surface area contributed by atoms with E-state index in [0.29, 0.717) is 38.3 Å². The van der Waals surface area contributed by atoms with Crippen LogP contribution in [0, 0.1) is 19.8 Å². The predicted octanol–water partition coefficient (Wildman–Crippen LogP) is 3.46. The molecule has 0 radical (unpaired) electrons. The summed E-state index contributed by atoms with van der Waals surface area (Å²) in [4.78, 5) is 14.8. The summed E-state index contributed by atoms with van der Waals surface area (Å²) >= 11 is 0. The van der Waals surface area contributed by atoms with Crippen molar-refractivity contribution in [2.45, 2.75) is 43.2 Å². The summed E-state index contributed by atoms with van der Waals surface area (Å²) in [5, 5.41) is 11.1. The van der Waals surface area contributed by atoms with Gasteiger partial charge in [-0.2, -0.15) is 0 Å². The molecule has 1 aliphatic rings. The van der Waals surface area contributed by atoms with Crippen LogP contribution < -0.4 is 10.2 Å². The molecule has 4 rings (SSSR count). The van der Waals surface area contributed by atoms with Crippen molar-refractivity contribution in [1.29, 1.82) is 0 Å². The fourth-order valence-corrected chi connectivity index (χ4v) is 5.00. The number of aryl methyl sites for hydroxylation is 2. The Hall–Kier alpha value is -3.26. The number of carbonyl (C=O) groups excluding carboxylic acids is 1. The van der Waals surface area contributed by atoms with Crippen LogP contribution in [0.1, 0.15) is 29.5 Å². The Morgan fingerprint density at radius 2 is 1.52 bits per heavy atom. The van der Waals surface area contributed by atoms with Gasteiger partial charge in [-0.05, 0) is 56.5 Å². The largest absolute Gasteiger partial charge is 0.355 e. The lowest BCUT2D eigenvalue weighted by Crippen LogP contribution is -2.40. The van der Waals surface area contributed by atoms with E-state index in [1.54, 1.807) is 30.3 Å². The van der Waals surface area contributed by atoms with E-state index in [-0.39, 0.29) is 21.7 Å². The SMILES string of the molecule is Cc1ccc(CNC(=O)C2CCN(c3ccc(S(=O)(=O)c4ccc(C)cc4)nn3)CC2)cc1. The summed E-state index contributed by atoms with van der Waals surface area (Å²) in [5.41, 5.74) is 3.27. The van der Waals surface area contributed by atoms with Crippen LogP contribution >= 0.6 is 0 Å². The fraction of sp³-hybridized carbons (Fsp3) is 0.320. The van der Waals surface area contributed by atoms with Crippen LogP contribution in [0.4, 0.5) is 5.82 Å². The second kappa shape index (κ2) is 9.70. The van der Waals surface area contributed by atoms with Gasteiger partial charge in [0.25, 0.3) is 0 Å². The molecule has 8 heteroatoms. The molecule has 1 amide bonds. The second-order valence-electron chi connectivity index (χ2n) is 8.51. The van der Waals surface area contributed by atoms with E-state index in [0.717, 1.165) is 11.1 Å². The van der Waals surface area contributed by atoms with Crippen LogP contribution in [-0.4, -0.2) is 37.6 Å². The van der Waals surface area contributed by atoms with Crippen LogP contribution in [-0.2, 0) is 21.2 Å². The number of nitrogens with one attached hydrogen (secondary N) is 1. The Morgan fingerprint density at radius 1 is 0.909 bits per heavy atom. The molecule has 7 nitrogen and oxygen atoms in total. The summed E-state index contributed by atoms with van der Waals surface area (Å²) in [6.45, 7) is 5.81. The minimum atomic E-state index is -3.70. The van der Waals surface area contributed by atoms with E-state index in [2.05, 4.69) is 15.5 Å². The zero-order valence-electron chi connectivity index (χ0n) is 18.9. The normalized spacial score (nSPS) is 14.8. The van der Waals surface area contributed by atoms with Crippen LogP contribution in [0.15, 0.2) is 70.6 Å². The van der Waals surface area contributed by atoms with Crippen LogP contribution in [0.3, 0.4) is 0 Å². The number of amides is 1. The molecule has 2 heterocycles. The van der Waals surface area contributed by atoms with Crippen molar-refractivity contribution in [2.75, 3.05) is 18.0 Å². The van der Waals surface area contributed by atoms with E-state index in [4.69, 9.17) is 0 Å². The minimum absolute atomic E-state index is 0.0409. The van der Waals surface area contributed by atoms with Crippen LogP contribution in [0.2, 0.25) is 0 Å². The molecular weight excluding hydrogens is 436 g/mol. The number of rotatable bonds is 6. The van der Waals surface area contributed by atoms with Gasteiger partial charge in [0.05, 0.1) is 4.90 Å². The number of anilines is 1. The van der Waals surface area contributed by atoms with E-state index < -0.39 is 9.84 Å². The smallest absolute Gasteiger partial charge is 0.225 e. The topological polar surface area (TPSA) is 92.3 Å². The Balaban J connectivity index is 1.32. The fourth-order valence-electron chi connectivity index (χ4n) is 3.87. The molecule has 1 N–H and O–H groups in total. The molecule has 172 valence electrons. The molecule has 0 spiro atoms. The van der Waals surface area contributed by atoms with Gasteiger partial charge in [0.15, 0.2) is 10.8 Å². The first-order valence-electron chi connectivity index (χ1n) is 11.1. The minimum Gasteiger partial charge on any atom is -0.355 e. The molecule has 0 bridgehead atoms. The third kappa shape index (κ3) is 5.39. The molecular formula is C25H28N4O3S. The van der Waals surface area contributed by atoms with Gasteiger partial charge in [0, 0.05) is 25.6 Å². The van der Waals surface area contributed by atoms with Crippen LogP contribution in [0.25, 0.3) is 0 Å². The average Bonchev–Trinajstić information content (AvgIpc) is 2.84. The maximum Gasteiger partial charge on any atom is 0.225 e. The Kier molecular flexibility index (Phi) is 6.74. The first-order valence-corrected chi connectivity index (χ1v) is 12.5. The lowest BCUT2D eigenvalue weighted by molar-refractivity contribution is -0.125. The molecule has 33 heavy (non-hydrogen) atoms. The number of hydrogen-bond donors (Lipinski definition) is 1. The number of hydrogen-bond acceptors (Lipinski definition) is 6. The summed E-state index contributed by atoms with van der Waals surface area (Å²) in [6, 6.07) is 18.0. The summed E-state index contributed by atoms with van der Waals surface area (Å²) < 4.78 is 25.5. The Labute approximate surface area is 194 Å². The molecule has 1 aromatic heterocycles. The molecule has 3 aromatic rings. The summed E-state index contributed by atoms with van der Waals surface area (Å²) in [7, 11) is -3.70. The molecule has 2 aromatic carbocycles. The second-order valence-corrected chi connectivity index (χ2v) is 10.4. The number of nitrogens with zero attached hydrogens (tertiary/aromatic N) is 3. The quantitative estimate of drug-likeness (QED) is 0.601. The van der Waals surface area contributed by atoms with Gasteiger partial charge < -0.3 is 10.2 Å². The number of piperidine rings is 1. The number of aromatic nitrogens is 2. The van der Waals surface area contributed by atoms with Crippen molar-refractivity contribution in [3.63, 3.8) is 0 Å². The third-order valence-corrected chi connectivity index (χ3v) is 7.67. The predicted molar refractivity (Wildman–Crippen MR) is 127 cm³/mol. The van der Waals surface area contributed by atoms with E-state index in [1.807, 2.05) is 43.0 Å². The highest BCUT2D eigenvalue weighted by Gasteiger charge is 2.26. The van der Waals surface area contributed by atoms with Crippen molar-refractivity contribution < 1.29 is 13.2 Å². The molecule has 0 aliphatic carbocycles. The van der Waals surface area contributed by atoms with Crippen molar-refractivity contribution in [3.8, 4) is 0 Å². The summed E-state index contributed by atoms with van der Waals surface area (Å²) in [5.74, 6) is 0.651. The van der Waals surface area contributed by atoms with E-state index in [1.165, 1.54) is 11.6 Å². The maximum atomic E-state index is 12.8. The first kappa shape index (κ1) is 22.9. The third-order valence-electron chi connectivity index (χ3n) is 6.01. The molecule has 1 fully saturated rings. The van der Waals surface area contributed by atoms with Crippen molar-refractivity contribution in [2.24, 2.45) is 5.92 Å². The van der Waals surface area contributed by atoms with Crippen molar-refractivity contribution in [3.05, 3.63) is 77.4 Å². The summed E-state index contributed by atoms with van der Waals surface area (Å²) in [6.07, 6.45) is 1.43. The zero-order chi connectivity index (χ0) is 23.4. The van der Waals surface area contributed by atoms with Gasteiger partial charge in [-0.25, -0.2) is 8.42 Å². The lowest BCUT2D eigenvalue weighted by Gasteiger charge is -2.31. The molecule has 1 aliphatic heterocycles. The number of benzene rings is 2. The Morgan fingerprint density at radius 3 is 2.09 bits per heavy atom. The van der Waals surface area contributed by atoms with E-state index >= 15 is 0 Å². The highest BCUT2D eigenvalue weighted by Crippen LogP contribution is 2.24. The molecule has 1 saturated heterocycles. The van der Waals surface area contributed by atoms with Gasteiger partial charge in [0.1, 0.15) is 0 Å². The van der Waals surface area contributed by atoms with Gasteiger partial charge >= 0.3 is 0 Å². The van der Waals surface area contributed by atoms with Crippen molar-refractivity contribution >= 4 is 21.6 Å². The van der Waals surface area contributed by atoms with Gasteiger partial charge in [-0.1, -0.05) is 47.5 Å². The van der Waals surface area contributed by atoms with Gasteiger partial charge in [-0.15, -0.1) is 10.2 Å². The standard InChI is InChI=1S/C25H28N4O3S/c1-18-3-7-20(8-4-18)17-26-25(30)21-13-15-29(16-14-21)23-11-12-24(28-27-23)33(31,32)22-9-5-19(2)6-10-22/h3-12,21H,13-17H2,1-2H3,(H,26,30). The molecule has 0 unspecified atom stereocenters. The highest BCUT2D eigenvalue weighted by atomic mass is 32.2. The molecule has 0 saturated carbocycles. The Bertz CT molecular complexity index is 1200. The van der Waals surface area contributed by atoms with Gasteiger partial charge in [-0.3, -0.25) is 4.79 Å². The molecule has 0 atom stereocenters. The van der Waals surface area contributed by atoms with Crippen molar-refractivity contribution in [1.82, 2.24) is 15.5 Å². The number of sulfone groups is 1. The maximum absolute atomic E-state index is 12.8. The lowest BCUT2D eigenvalue weighted by atomic mass is 9.96. The van der Waals surface area contributed by atoms with E-state index in [9.17, 15) is 13.2 Å². The monoisotopic (exact) mass is 464 g/mol.